The minimum atomic E-state index is -0.732. The zero-order chi connectivity index (χ0) is 17.8. The first-order chi connectivity index (χ1) is 11.8. The summed E-state index contributed by atoms with van der Waals surface area (Å²) in [4.78, 5) is 4.35. The molecule has 3 aliphatic heterocycles. The lowest BCUT2D eigenvalue weighted by atomic mass is 9.95. The van der Waals surface area contributed by atoms with Crippen LogP contribution in [0.1, 0.15) is 39.0 Å². The molecular weight excluding hydrogens is 324 g/mol. The van der Waals surface area contributed by atoms with Crippen molar-refractivity contribution in [1.82, 2.24) is 4.98 Å². The Balaban J connectivity index is 1.60. The molecule has 4 heterocycles. The van der Waals surface area contributed by atoms with Gasteiger partial charge in [0.15, 0.2) is 17.9 Å². The van der Waals surface area contributed by atoms with Crippen LogP contribution in [0.3, 0.4) is 0 Å². The lowest BCUT2D eigenvalue weighted by Gasteiger charge is -2.37. The van der Waals surface area contributed by atoms with Crippen molar-refractivity contribution >= 4 is 0 Å². The van der Waals surface area contributed by atoms with Crippen LogP contribution in [0.15, 0.2) is 18.3 Å². The predicted octanol–water partition coefficient (Wildman–Crippen LogP) is 1.89. The maximum absolute atomic E-state index is 9.08. The summed E-state index contributed by atoms with van der Waals surface area (Å²) in [6.45, 7) is 7.48. The van der Waals surface area contributed by atoms with Gasteiger partial charge < -0.3 is 23.7 Å². The molecule has 5 atom stereocenters. The standard InChI is InChI=1S/C18H22N2O5/c1-17(2)22-13-12(8-11-7-10(9-19)5-6-20-11)21-16-15(14(13)23-17)24-18(3,4)25-16/h5-7,12-16H,8H2,1-4H3/t12-,13+,14+,15-,16-/m1/s1. The zero-order valence-corrected chi connectivity index (χ0v) is 14.8. The molecule has 0 aromatic carbocycles. The molecule has 7 heteroatoms. The molecule has 0 unspecified atom stereocenters. The highest BCUT2D eigenvalue weighted by atomic mass is 16.9. The van der Waals surface area contributed by atoms with Crippen LogP contribution < -0.4 is 0 Å². The summed E-state index contributed by atoms with van der Waals surface area (Å²) in [5.74, 6) is -1.45. The van der Waals surface area contributed by atoms with Crippen molar-refractivity contribution in [3.63, 3.8) is 0 Å². The Morgan fingerprint density at radius 1 is 1.04 bits per heavy atom. The van der Waals surface area contributed by atoms with Crippen LogP contribution in [0.25, 0.3) is 0 Å². The Morgan fingerprint density at radius 2 is 1.72 bits per heavy atom. The van der Waals surface area contributed by atoms with Crippen molar-refractivity contribution in [2.24, 2.45) is 0 Å². The molecule has 3 saturated heterocycles. The molecule has 0 spiro atoms. The first kappa shape index (κ1) is 16.9. The molecule has 25 heavy (non-hydrogen) atoms. The van der Waals surface area contributed by atoms with Crippen molar-refractivity contribution < 1.29 is 23.7 Å². The van der Waals surface area contributed by atoms with Crippen molar-refractivity contribution in [3.8, 4) is 6.07 Å². The second kappa shape index (κ2) is 5.73. The van der Waals surface area contributed by atoms with Gasteiger partial charge in [-0.2, -0.15) is 5.26 Å². The van der Waals surface area contributed by atoms with Gasteiger partial charge in [-0.1, -0.05) is 0 Å². The summed E-state index contributed by atoms with van der Waals surface area (Å²) in [5, 5.41) is 9.08. The number of hydrogen-bond acceptors (Lipinski definition) is 7. The monoisotopic (exact) mass is 346 g/mol. The molecule has 7 nitrogen and oxygen atoms in total. The summed E-state index contributed by atoms with van der Waals surface area (Å²) in [5.41, 5.74) is 1.34. The van der Waals surface area contributed by atoms with Gasteiger partial charge in [-0.05, 0) is 39.8 Å². The van der Waals surface area contributed by atoms with E-state index in [4.69, 9.17) is 28.9 Å². The molecule has 0 N–H and O–H groups in total. The van der Waals surface area contributed by atoms with Crippen LogP contribution >= 0.6 is 0 Å². The number of nitriles is 1. The molecular formula is C18H22N2O5. The van der Waals surface area contributed by atoms with Crippen molar-refractivity contribution in [2.45, 2.75) is 76.4 Å². The third-order valence-corrected chi connectivity index (χ3v) is 4.61. The lowest BCUT2D eigenvalue weighted by molar-refractivity contribution is -0.233. The average molecular weight is 346 g/mol. The number of nitrogens with zero attached hydrogens (tertiary/aromatic N) is 2. The van der Waals surface area contributed by atoms with E-state index in [0.29, 0.717) is 12.0 Å². The molecule has 0 amide bonds. The van der Waals surface area contributed by atoms with Crippen molar-refractivity contribution in [1.29, 1.82) is 5.26 Å². The van der Waals surface area contributed by atoms with Crippen LogP contribution in [-0.4, -0.2) is 47.3 Å². The fourth-order valence-electron chi connectivity index (χ4n) is 3.72. The van der Waals surface area contributed by atoms with E-state index < -0.39 is 17.9 Å². The zero-order valence-electron chi connectivity index (χ0n) is 14.8. The van der Waals surface area contributed by atoms with Gasteiger partial charge in [0, 0.05) is 18.3 Å². The van der Waals surface area contributed by atoms with Crippen molar-refractivity contribution in [3.05, 3.63) is 29.6 Å². The maximum atomic E-state index is 9.08. The number of fused-ring (bicyclic) bond motifs is 3. The van der Waals surface area contributed by atoms with E-state index in [9.17, 15) is 0 Å². The van der Waals surface area contributed by atoms with Crippen LogP contribution in [0.2, 0.25) is 0 Å². The third-order valence-electron chi connectivity index (χ3n) is 4.61. The highest BCUT2D eigenvalue weighted by Gasteiger charge is 2.60. The van der Waals surface area contributed by atoms with E-state index in [1.165, 1.54) is 0 Å². The van der Waals surface area contributed by atoms with E-state index in [1.807, 2.05) is 27.7 Å². The summed E-state index contributed by atoms with van der Waals surface area (Å²) >= 11 is 0. The fourth-order valence-corrected chi connectivity index (χ4v) is 3.72. The van der Waals surface area contributed by atoms with Gasteiger partial charge in [0.1, 0.15) is 18.3 Å². The first-order valence-electron chi connectivity index (χ1n) is 8.48. The number of pyridine rings is 1. The number of aromatic nitrogens is 1. The van der Waals surface area contributed by atoms with E-state index in [2.05, 4.69) is 11.1 Å². The van der Waals surface area contributed by atoms with Gasteiger partial charge in [0.2, 0.25) is 0 Å². The number of hydrogen-bond donors (Lipinski definition) is 0. The van der Waals surface area contributed by atoms with Crippen molar-refractivity contribution in [2.75, 3.05) is 0 Å². The molecule has 0 aliphatic carbocycles. The minimum absolute atomic E-state index is 0.278. The predicted molar refractivity (Wildman–Crippen MR) is 85.2 cm³/mol. The van der Waals surface area contributed by atoms with Gasteiger partial charge in [-0.15, -0.1) is 0 Å². The molecule has 134 valence electrons. The van der Waals surface area contributed by atoms with Crippen LogP contribution in [0.5, 0.6) is 0 Å². The minimum Gasteiger partial charge on any atom is -0.343 e. The smallest absolute Gasteiger partial charge is 0.190 e. The molecule has 3 fully saturated rings. The maximum Gasteiger partial charge on any atom is 0.190 e. The number of ether oxygens (including phenoxy) is 5. The Bertz CT molecular complexity index is 714. The van der Waals surface area contributed by atoms with Crippen LogP contribution in [-0.2, 0) is 30.1 Å². The van der Waals surface area contributed by atoms with Gasteiger partial charge in [-0.3, -0.25) is 4.98 Å². The van der Waals surface area contributed by atoms with Gasteiger partial charge in [0.25, 0.3) is 0 Å². The van der Waals surface area contributed by atoms with E-state index in [0.717, 1.165) is 5.69 Å². The SMILES string of the molecule is CC1(C)O[C@H]2[C@@H](O1)[C@@H](Cc1cc(C#N)ccn1)O[C@@H]1OC(C)(C)O[C@@H]12. The summed E-state index contributed by atoms with van der Waals surface area (Å²) in [7, 11) is 0. The van der Waals surface area contributed by atoms with E-state index in [-0.39, 0.29) is 24.4 Å². The topological polar surface area (TPSA) is 82.8 Å². The number of rotatable bonds is 2. The quantitative estimate of drug-likeness (QED) is 0.808. The van der Waals surface area contributed by atoms with Gasteiger partial charge in [0.05, 0.1) is 17.7 Å². The second-order valence-electron chi connectivity index (χ2n) is 7.56. The van der Waals surface area contributed by atoms with Crippen LogP contribution in [0, 0.1) is 11.3 Å². The summed E-state index contributed by atoms with van der Waals surface area (Å²) < 4.78 is 30.2. The van der Waals surface area contributed by atoms with Crippen LogP contribution in [0.4, 0.5) is 0 Å². The fraction of sp³-hybridized carbons (Fsp3) is 0.667. The Labute approximate surface area is 146 Å². The molecule has 1 aromatic rings. The lowest BCUT2D eigenvalue weighted by Crippen LogP contribution is -2.55. The third kappa shape index (κ3) is 3.16. The highest BCUT2D eigenvalue weighted by Crippen LogP contribution is 2.44. The molecule has 0 bridgehead atoms. The highest BCUT2D eigenvalue weighted by molar-refractivity contribution is 5.29. The van der Waals surface area contributed by atoms with Gasteiger partial charge >= 0.3 is 0 Å². The largest absolute Gasteiger partial charge is 0.343 e. The second-order valence-corrected chi connectivity index (χ2v) is 7.56. The molecule has 0 saturated carbocycles. The van der Waals surface area contributed by atoms with E-state index in [1.54, 1.807) is 18.3 Å². The normalized spacial score (nSPS) is 38.0. The molecule has 3 aliphatic rings. The Morgan fingerprint density at radius 3 is 2.48 bits per heavy atom. The average Bonchev–Trinajstić information content (AvgIpc) is 3.02. The Kier molecular flexibility index (Phi) is 3.87. The van der Waals surface area contributed by atoms with E-state index >= 15 is 0 Å². The molecule has 4 rings (SSSR count). The Hall–Kier alpha value is -1.56. The van der Waals surface area contributed by atoms with Gasteiger partial charge in [-0.25, -0.2) is 0 Å². The molecule has 0 radical (unpaired) electrons. The summed E-state index contributed by atoms with van der Waals surface area (Å²) in [6.07, 6.45) is 0.413. The molecule has 1 aromatic heterocycles. The first-order valence-corrected chi connectivity index (χ1v) is 8.48. The summed E-state index contributed by atoms with van der Waals surface area (Å²) in [6, 6.07) is 5.57.